The van der Waals surface area contributed by atoms with E-state index in [0.29, 0.717) is 35.3 Å². The molecule has 0 N–H and O–H groups in total. The minimum absolute atomic E-state index is 0.382. The molecule has 0 bridgehead atoms. The fraction of sp³-hybridized carbons (Fsp3) is 0.111. The van der Waals surface area contributed by atoms with E-state index in [9.17, 15) is 0 Å². The number of benzene rings is 2. The first-order valence-corrected chi connectivity index (χ1v) is 7.45. The summed E-state index contributed by atoms with van der Waals surface area (Å²) in [6.45, 7) is 0.774. The van der Waals surface area contributed by atoms with Crippen LogP contribution in [0.1, 0.15) is 5.56 Å². The van der Waals surface area contributed by atoms with Crippen molar-refractivity contribution in [1.29, 1.82) is 5.26 Å². The van der Waals surface area contributed by atoms with E-state index in [0.717, 1.165) is 10.9 Å². The molecule has 3 aromatic rings. The van der Waals surface area contributed by atoms with Gasteiger partial charge in [0.05, 0.1) is 16.7 Å². The Kier molecular flexibility index (Phi) is 4.60. The standard InChI is InChI=1S/C18H13ClN2O2/c19-16-7-8-17(18-15(16)2-1-9-21-18)23-11-10-22-14-5-3-13(12-20)4-6-14/h1-9H,10-11H2. The lowest BCUT2D eigenvalue weighted by Gasteiger charge is -2.10. The lowest BCUT2D eigenvalue weighted by molar-refractivity contribution is 0.218. The summed E-state index contributed by atoms with van der Waals surface area (Å²) in [7, 11) is 0. The molecule has 1 heterocycles. The fourth-order valence-electron chi connectivity index (χ4n) is 2.17. The van der Waals surface area contributed by atoms with Gasteiger partial charge in [-0.25, -0.2) is 0 Å². The predicted molar refractivity (Wildman–Crippen MR) is 88.9 cm³/mol. The van der Waals surface area contributed by atoms with Crippen molar-refractivity contribution >= 4 is 22.5 Å². The molecule has 0 aliphatic heterocycles. The predicted octanol–water partition coefficient (Wildman–Crippen LogP) is 4.22. The number of rotatable bonds is 5. The smallest absolute Gasteiger partial charge is 0.145 e. The lowest BCUT2D eigenvalue weighted by Crippen LogP contribution is -2.09. The average Bonchev–Trinajstić information content (AvgIpc) is 2.61. The van der Waals surface area contributed by atoms with Gasteiger partial charge in [-0.1, -0.05) is 11.6 Å². The second kappa shape index (κ2) is 6.99. The quantitative estimate of drug-likeness (QED) is 0.659. The van der Waals surface area contributed by atoms with Crippen LogP contribution in [0.25, 0.3) is 10.9 Å². The number of pyridine rings is 1. The number of hydrogen-bond acceptors (Lipinski definition) is 4. The molecule has 0 spiro atoms. The van der Waals surface area contributed by atoms with Crippen molar-refractivity contribution in [3.8, 4) is 17.6 Å². The third-order valence-corrected chi connectivity index (χ3v) is 3.60. The third-order valence-electron chi connectivity index (χ3n) is 3.27. The summed E-state index contributed by atoms with van der Waals surface area (Å²) in [6, 6.07) is 16.4. The maximum Gasteiger partial charge on any atom is 0.145 e. The van der Waals surface area contributed by atoms with Crippen LogP contribution in [-0.4, -0.2) is 18.2 Å². The Morgan fingerprint density at radius 1 is 1.00 bits per heavy atom. The van der Waals surface area contributed by atoms with Crippen molar-refractivity contribution in [3.63, 3.8) is 0 Å². The highest BCUT2D eigenvalue weighted by Crippen LogP contribution is 2.29. The largest absolute Gasteiger partial charge is 0.490 e. The molecule has 0 radical (unpaired) electrons. The third kappa shape index (κ3) is 3.53. The van der Waals surface area contributed by atoms with Gasteiger partial charge in [0.2, 0.25) is 0 Å². The van der Waals surface area contributed by atoms with Gasteiger partial charge in [-0.2, -0.15) is 5.26 Å². The van der Waals surface area contributed by atoms with Crippen molar-refractivity contribution in [3.05, 3.63) is 65.3 Å². The van der Waals surface area contributed by atoms with E-state index in [1.807, 2.05) is 12.1 Å². The van der Waals surface area contributed by atoms with E-state index in [1.165, 1.54) is 0 Å². The van der Waals surface area contributed by atoms with E-state index in [1.54, 1.807) is 42.6 Å². The Morgan fingerprint density at radius 3 is 2.57 bits per heavy atom. The van der Waals surface area contributed by atoms with E-state index in [2.05, 4.69) is 11.1 Å². The van der Waals surface area contributed by atoms with Crippen LogP contribution in [0.2, 0.25) is 5.02 Å². The van der Waals surface area contributed by atoms with Gasteiger partial charge < -0.3 is 9.47 Å². The zero-order valence-corrected chi connectivity index (χ0v) is 13.0. The molecule has 5 heteroatoms. The summed E-state index contributed by atoms with van der Waals surface area (Å²) in [5, 5.41) is 10.3. The minimum atomic E-state index is 0.382. The van der Waals surface area contributed by atoms with Crippen molar-refractivity contribution in [2.24, 2.45) is 0 Å². The van der Waals surface area contributed by atoms with Gasteiger partial charge in [-0.15, -0.1) is 0 Å². The van der Waals surface area contributed by atoms with Crippen molar-refractivity contribution in [2.45, 2.75) is 0 Å². The van der Waals surface area contributed by atoms with Crippen LogP contribution in [0.15, 0.2) is 54.7 Å². The molecule has 0 fully saturated rings. The maximum atomic E-state index is 8.75. The Labute approximate surface area is 138 Å². The molecule has 0 amide bonds. The van der Waals surface area contributed by atoms with E-state index >= 15 is 0 Å². The van der Waals surface area contributed by atoms with Crippen LogP contribution in [0, 0.1) is 11.3 Å². The van der Waals surface area contributed by atoms with Gasteiger partial charge in [0.1, 0.15) is 30.2 Å². The molecule has 1 aromatic heterocycles. The molecule has 2 aromatic carbocycles. The summed E-state index contributed by atoms with van der Waals surface area (Å²) < 4.78 is 11.3. The van der Waals surface area contributed by atoms with Gasteiger partial charge in [0, 0.05) is 11.6 Å². The second-order valence-corrected chi connectivity index (χ2v) is 5.19. The van der Waals surface area contributed by atoms with E-state index < -0.39 is 0 Å². The van der Waals surface area contributed by atoms with E-state index in [4.69, 9.17) is 26.3 Å². The number of nitrogens with zero attached hydrogens (tertiary/aromatic N) is 2. The van der Waals surface area contributed by atoms with Gasteiger partial charge in [0.15, 0.2) is 0 Å². The number of hydrogen-bond donors (Lipinski definition) is 0. The average molecular weight is 325 g/mol. The van der Waals surface area contributed by atoms with Crippen LogP contribution < -0.4 is 9.47 Å². The SMILES string of the molecule is N#Cc1ccc(OCCOc2ccc(Cl)c3cccnc23)cc1. The van der Waals surface area contributed by atoms with Gasteiger partial charge in [-0.05, 0) is 48.5 Å². The molecule has 0 unspecified atom stereocenters. The van der Waals surface area contributed by atoms with Crippen molar-refractivity contribution in [1.82, 2.24) is 4.98 Å². The Morgan fingerprint density at radius 2 is 1.78 bits per heavy atom. The normalized spacial score (nSPS) is 10.3. The Hall–Kier alpha value is -2.77. The van der Waals surface area contributed by atoms with Crippen LogP contribution >= 0.6 is 11.6 Å². The molecule has 114 valence electrons. The summed E-state index contributed by atoms with van der Waals surface area (Å²) >= 11 is 6.15. The van der Waals surface area contributed by atoms with Crippen molar-refractivity contribution in [2.75, 3.05) is 13.2 Å². The number of fused-ring (bicyclic) bond motifs is 1. The second-order valence-electron chi connectivity index (χ2n) is 4.78. The molecule has 4 nitrogen and oxygen atoms in total. The van der Waals surface area contributed by atoms with Crippen molar-refractivity contribution < 1.29 is 9.47 Å². The number of nitriles is 1. The van der Waals surface area contributed by atoms with E-state index in [-0.39, 0.29) is 0 Å². The summed E-state index contributed by atoms with van der Waals surface area (Å²) in [5.74, 6) is 1.38. The first kappa shape index (κ1) is 15.1. The highest BCUT2D eigenvalue weighted by atomic mass is 35.5. The zero-order chi connectivity index (χ0) is 16.1. The molecule has 0 aliphatic carbocycles. The zero-order valence-electron chi connectivity index (χ0n) is 12.2. The van der Waals surface area contributed by atoms with Crippen LogP contribution in [0.5, 0.6) is 11.5 Å². The summed E-state index contributed by atoms with van der Waals surface area (Å²) in [4.78, 5) is 4.32. The lowest BCUT2D eigenvalue weighted by atomic mass is 10.2. The number of ether oxygens (including phenoxy) is 2. The summed E-state index contributed by atoms with van der Waals surface area (Å²) in [6.07, 6.45) is 1.71. The van der Waals surface area contributed by atoms with Crippen LogP contribution in [-0.2, 0) is 0 Å². The van der Waals surface area contributed by atoms with Crippen LogP contribution in [0.4, 0.5) is 0 Å². The minimum Gasteiger partial charge on any atom is -0.490 e. The molecule has 3 rings (SSSR count). The fourth-order valence-corrected chi connectivity index (χ4v) is 2.38. The van der Waals surface area contributed by atoms with Gasteiger partial charge in [0.25, 0.3) is 0 Å². The monoisotopic (exact) mass is 324 g/mol. The van der Waals surface area contributed by atoms with Gasteiger partial charge in [-0.3, -0.25) is 4.98 Å². The topological polar surface area (TPSA) is 55.1 Å². The molecule has 0 saturated carbocycles. The maximum absolute atomic E-state index is 8.75. The molecular formula is C18H13ClN2O2. The number of halogens is 1. The first-order chi connectivity index (χ1) is 11.3. The molecule has 0 aliphatic rings. The Bertz CT molecular complexity index is 857. The highest BCUT2D eigenvalue weighted by Gasteiger charge is 2.06. The molecule has 0 atom stereocenters. The first-order valence-electron chi connectivity index (χ1n) is 7.07. The highest BCUT2D eigenvalue weighted by molar-refractivity contribution is 6.35. The molecule has 0 saturated heterocycles. The van der Waals surface area contributed by atoms with Gasteiger partial charge >= 0.3 is 0 Å². The van der Waals surface area contributed by atoms with Crippen LogP contribution in [0.3, 0.4) is 0 Å². The summed E-state index contributed by atoms with van der Waals surface area (Å²) in [5.41, 5.74) is 1.34. The molecule has 23 heavy (non-hydrogen) atoms. The molecular weight excluding hydrogens is 312 g/mol. The Balaban J connectivity index is 1.61. The number of aromatic nitrogens is 1.